The van der Waals surface area contributed by atoms with E-state index in [0.717, 1.165) is 43.0 Å². The molecule has 4 heteroatoms. The van der Waals surface area contributed by atoms with Gasteiger partial charge in [-0.1, -0.05) is 36.4 Å². The number of anilines is 1. The summed E-state index contributed by atoms with van der Waals surface area (Å²) in [7, 11) is 0. The first kappa shape index (κ1) is 13.2. The van der Waals surface area contributed by atoms with Gasteiger partial charge in [0, 0.05) is 18.5 Å². The average molecular weight is 291 g/mol. The Morgan fingerprint density at radius 1 is 0.864 bits per heavy atom. The third-order valence-electron chi connectivity index (χ3n) is 4.03. The van der Waals surface area contributed by atoms with Crippen molar-refractivity contribution in [3.8, 4) is 11.1 Å². The van der Waals surface area contributed by atoms with Gasteiger partial charge in [0.25, 0.3) is 0 Å². The summed E-state index contributed by atoms with van der Waals surface area (Å²) in [6.45, 7) is 3.28. The molecule has 2 heterocycles. The van der Waals surface area contributed by atoms with Gasteiger partial charge in [-0.3, -0.25) is 0 Å². The van der Waals surface area contributed by atoms with Crippen molar-refractivity contribution in [1.82, 2.24) is 9.97 Å². The van der Waals surface area contributed by atoms with Crippen molar-refractivity contribution in [3.63, 3.8) is 0 Å². The zero-order chi connectivity index (χ0) is 14.8. The van der Waals surface area contributed by atoms with E-state index in [4.69, 9.17) is 4.74 Å². The topological polar surface area (TPSA) is 38.2 Å². The lowest BCUT2D eigenvalue weighted by Gasteiger charge is -2.28. The SMILES string of the molecule is c1ccc(-c2ccc3c(N4CCOCC4)ncnc3c2)cc1. The van der Waals surface area contributed by atoms with Gasteiger partial charge in [-0.2, -0.15) is 0 Å². The number of rotatable bonds is 2. The Morgan fingerprint density at radius 3 is 2.50 bits per heavy atom. The van der Waals surface area contributed by atoms with Gasteiger partial charge in [-0.15, -0.1) is 0 Å². The second kappa shape index (κ2) is 5.73. The number of benzene rings is 2. The van der Waals surface area contributed by atoms with Crippen LogP contribution in [-0.4, -0.2) is 36.3 Å². The van der Waals surface area contributed by atoms with Crippen molar-refractivity contribution in [2.45, 2.75) is 0 Å². The van der Waals surface area contributed by atoms with E-state index in [1.807, 2.05) is 6.07 Å². The van der Waals surface area contributed by atoms with E-state index in [9.17, 15) is 0 Å². The summed E-state index contributed by atoms with van der Waals surface area (Å²) in [6.07, 6.45) is 1.65. The van der Waals surface area contributed by atoms with Crippen molar-refractivity contribution >= 4 is 16.7 Å². The number of fused-ring (bicyclic) bond motifs is 1. The molecule has 0 spiro atoms. The van der Waals surface area contributed by atoms with Gasteiger partial charge in [0.1, 0.15) is 12.1 Å². The molecule has 0 bridgehead atoms. The molecule has 0 saturated carbocycles. The third kappa shape index (κ3) is 2.42. The van der Waals surface area contributed by atoms with Crippen LogP contribution in [0.3, 0.4) is 0 Å². The van der Waals surface area contributed by atoms with Gasteiger partial charge in [-0.05, 0) is 23.3 Å². The fourth-order valence-electron chi connectivity index (χ4n) is 2.88. The molecule has 1 aliphatic heterocycles. The van der Waals surface area contributed by atoms with Gasteiger partial charge in [0.15, 0.2) is 0 Å². The molecule has 1 aliphatic rings. The van der Waals surface area contributed by atoms with Gasteiger partial charge in [0.05, 0.1) is 18.7 Å². The lowest BCUT2D eigenvalue weighted by molar-refractivity contribution is 0.122. The van der Waals surface area contributed by atoms with Gasteiger partial charge in [-0.25, -0.2) is 9.97 Å². The first-order valence-electron chi connectivity index (χ1n) is 7.55. The lowest BCUT2D eigenvalue weighted by atomic mass is 10.0. The van der Waals surface area contributed by atoms with Crippen LogP contribution in [-0.2, 0) is 4.74 Å². The van der Waals surface area contributed by atoms with Crippen LogP contribution in [0.2, 0.25) is 0 Å². The molecule has 0 N–H and O–H groups in total. The van der Waals surface area contributed by atoms with Crippen LogP contribution in [0.1, 0.15) is 0 Å². The second-order valence-corrected chi connectivity index (χ2v) is 5.39. The Bertz CT molecular complexity index is 783. The Morgan fingerprint density at radius 2 is 1.68 bits per heavy atom. The molecule has 4 nitrogen and oxygen atoms in total. The van der Waals surface area contributed by atoms with Gasteiger partial charge >= 0.3 is 0 Å². The van der Waals surface area contributed by atoms with Crippen molar-refractivity contribution in [3.05, 3.63) is 54.9 Å². The van der Waals surface area contributed by atoms with Crippen molar-refractivity contribution in [1.29, 1.82) is 0 Å². The van der Waals surface area contributed by atoms with Crippen LogP contribution in [0.15, 0.2) is 54.9 Å². The number of nitrogens with zero attached hydrogens (tertiary/aromatic N) is 3. The summed E-state index contributed by atoms with van der Waals surface area (Å²) in [4.78, 5) is 11.2. The molecule has 1 fully saturated rings. The van der Waals surface area contributed by atoms with E-state index in [1.54, 1.807) is 6.33 Å². The van der Waals surface area contributed by atoms with Crippen LogP contribution in [0.5, 0.6) is 0 Å². The smallest absolute Gasteiger partial charge is 0.140 e. The van der Waals surface area contributed by atoms with Gasteiger partial charge < -0.3 is 9.64 Å². The molecule has 1 aromatic heterocycles. The molecule has 3 aromatic rings. The zero-order valence-electron chi connectivity index (χ0n) is 12.3. The van der Waals surface area contributed by atoms with E-state index in [2.05, 4.69) is 57.3 Å². The predicted octanol–water partition coefficient (Wildman–Crippen LogP) is 3.13. The monoisotopic (exact) mass is 291 g/mol. The van der Waals surface area contributed by atoms with E-state index < -0.39 is 0 Å². The number of morpholine rings is 1. The first-order chi connectivity index (χ1) is 10.9. The molecule has 0 radical (unpaired) electrons. The number of hydrogen-bond acceptors (Lipinski definition) is 4. The molecule has 110 valence electrons. The molecule has 0 aliphatic carbocycles. The minimum atomic E-state index is 0.758. The summed E-state index contributed by atoms with van der Waals surface area (Å²) in [6, 6.07) is 16.8. The Labute approximate surface area is 129 Å². The number of aromatic nitrogens is 2. The quantitative estimate of drug-likeness (QED) is 0.727. The zero-order valence-corrected chi connectivity index (χ0v) is 12.3. The highest BCUT2D eigenvalue weighted by Crippen LogP contribution is 2.28. The highest BCUT2D eigenvalue weighted by molar-refractivity contribution is 5.92. The fraction of sp³-hybridized carbons (Fsp3) is 0.222. The number of ether oxygens (including phenoxy) is 1. The Balaban J connectivity index is 1.78. The summed E-state index contributed by atoms with van der Waals surface area (Å²) in [5, 5.41) is 1.10. The first-order valence-corrected chi connectivity index (χ1v) is 7.55. The van der Waals surface area contributed by atoms with Crippen LogP contribution >= 0.6 is 0 Å². The largest absolute Gasteiger partial charge is 0.378 e. The molecular formula is C18H17N3O. The molecule has 22 heavy (non-hydrogen) atoms. The van der Waals surface area contributed by atoms with E-state index in [1.165, 1.54) is 11.1 Å². The Kier molecular flexibility index (Phi) is 3.45. The summed E-state index contributed by atoms with van der Waals surface area (Å²) in [5.74, 6) is 1.01. The molecule has 0 unspecified atom stereocenters. The van der Waals surface area contributed by atoms with Crippen LogP contribution in [0.25, 0.3) is 22.0 Å². The minimum absolute atomic E-state index is 0.758. The standard InChI is InChI=1S/C18H17N3O/c1-2-4-14(5-3-1)15-6-7-16-17(12-15)19-13-20-18(16)21-8-10-22-11-9-21/h1-7,12-13H,8-11H2. The van der Waals surface area contributed by atoms with E-state index >= 15 is 0 Å². The number of hydrogen-bond donors (Lipinski definition) is 0. The predicted molar refractivity (Wildman–Crippen MR) is 88.0 cm³/mol. The maximum atomic E-state index is 5.43. The molecular weight excluding hydrogens is 274 g/mol. The van der Waals surface area contributed by atoms with Gasteiger partial charge in [0.2, 0.25) is 0 Å². The van der Waals surface area contributed by atoms with Crippen molar-refractivity contribution < 1.29 is 4.74 Å². The van der Waals surface area contributed by atoms with Crippen LogP contribution in [0.4, 0.5) is 5.82 Å². The maximum Gasteiger partial charge on any atom is 0.140 e. The van der Waals surface area contributed by atoms with Crippen molar-refractivity contribution in [2.24, 2.45) is 0 Å². The summed E-state index contributed by atoms with van der Waals surface area (Å²) >= 11 is 0. The second-order valence-electron chi connectivity index (χ2n) is 5.39. The highest BCUT2D eigenvalue weighted by atomic mass is 16.5. The summed E-state index contributed by atoms with van der Waals surface area (Å²) < 4.78 is 5.43. The molecule has 2 aromatic carbocycles. The van der Waals surface area contributed by atoms with E-state index in [0.29, 0.717) is 0 Å². The van der Waals surface area contributed by atoms with Crippen LogP contribution in [0, 0.1) is 0 Å². The Hall–Kier alpha value is -2.46. The fourth-order valence-corrected chi connectivity index (χ4v) is 2.88. The van der Waals surface area contributed by atoms with E-state index in [-0.39, 0.29) is 0 Å². The maximum absolute atomic E-state index is 5.43. The average Bonchev–Trinajstić information content (AvgIpc) is 2.62. The molecule has 4 rings (SSSR count). The van der Waals surface area contributed by atoms with Crippen LogP contribution < -0.4 is 4.90 Å². The highest BCUT2D eigenvalue weighted by Gasteiger charge is 2.15. The molecule has 0 atom stereocenters. The normalized spacial score (nSPS) is 15.2. The third-order valence-corrected chi connectivity index (χ3v) is 4.03. The molecule has 1 saturated heterocycles. The lowest BCUT2D eigenvalue weighted by Crippen LogP contribution is -2.36. The molecule has 0 amide bonds. The summed E-state index contributed by atoms with van der Waals surface area (Å²) in [5.41, 5.74) is 3.37. The minimum Gasteiger partial charge on any atom is -0.378 e. The van der Waals surface area contributed by atoms with Crippen molar-refractivity contribution in [2.75, 3.05) is 31.2 Å².